The number of methoxy groups -OCH3 is 1. The molecule has 1 aromatic carbocycles. The van der Waals surface area contributed by atoms with Gasteiger partial charge < -0.3 is 24.8 Å². The van der Waals surface area contributed by atoms with Crippen LogP contribution in [0, 0.1) is 0 Å². The van der Waals surface area contributed by atoms with Gasteiger partial charge in [0.1, 0.15) is 6.10 Å². The summed E-state index contributed by atoms with van der Waals surface area (Å²) in [7, 11) is 1.32. The average Bonchev–Trinajstić information content (AvgIpc) is 2.53. The van der Waals surface area contributed by atoms with Crippen LogP contribution in [-0.2, 0) is 9.53 Å². The van der Waals surface area contributed by atoms with Crippen molar-refractivity contribution in [2.24, 2.45) is 0 Å². The molecule has 1 fully saturated rings. The number of morpholine rings is 1. The molecule has 0 bridgehead atoms. The summed E-state index contributed by atoms with van der Waals surface area (Å²) < 4.78 is 51.8. The van der Waals surface area contributed by atoms with Crippen LogP contribution in [0.4, 0.5) is 18.9 Å². The number of nitrogens with one attached hydrogen (secondary N) is 2. The molecule has 1 aromatic rings. The first kappa shape index (κ1) is 20.3. The van der Waals surface area contributed by atoms with Crippen molar-refractivity contribution < 1.29 is 32.2 Å². The largest absolute Gasteiger partial charge is 0.493 e. The highest BCUT2D eigenvalue weighted by molar-refractivity contribution is 5.94. The predicted molar refractivity (Wildman–Crippen MR) is 83.0 cm³/mol. The smallest absolute Gasteiger partial charge is 0.422 e. The standard InChI is InChI=1S/C14H17F3N2O4.ClH/c1-21-10-3-2-9(6-11(10)23-8-14(15,16)17)19-13(20)12-7-18-4-5-22-12;/h2-3,6,12,18H,4-5,7-8H2,1H3,(H,19,20);1H. The lowest BCUT2D eigenvalue weighted by molar-refractivity contribution is -0.153. The molecule has 1 atom stereocenters. The lowest BCUT2D eigenvalue weighted by Crippen LogP contribution is -2.45. The highest BCUT2D eigenvalue weighted by atomic mass is 35.5. The molecule has 24 heavy (non-hydrogen) atoms. The molecule has 0 saturated carbocycles. The number of halogens is 4. The fraction of sp³-hybridized carbons (Fsp3) is 0.500. The van der Waals surface area contributed by atoms with Crippen molar-refractivity contribution >= 4 is 24.0 Å². The van der Waals surface area contributed by atoms with Crippen LogP contribution >= 0.6 is 12.4 Å². The Morgan fingerprint density at radius 3 is 2.75 bits per heavy atom. The average molecular weight is 371 g/mol. The van der Waals surface area contributed by atoms with E-state index < -0.39 is 18.9 Å². The summed E-state index contributed by atoms with van der Waals surface area (Å²) in [6.07, 6.45) is -5.11. The Labute approximate surface area is 143 Å². The van der Waals surface area contributed by atoms with E-state index in [9.17, 15) is 18.0 Å². The van der Waals surface area contributed by atoms with Crippen molar-refractivity contribution in [2.45, 2.75) is 12.3 Å². The first-order valence-corrected chi connectivity index (χ1v) is 6.90. The number of hydrogen-bond acceptors (Lipinski definition) is 5. The minimum atomic E-state index is -4.47. The van der Waals surface area contributed by atoms with Crippen LogP contribution in [0.2, 0.25) is 0 Å². The summed E-state index contributed by atoms with van der Waals surface area (Å²) in [5.74, 6) is -0.350. The molecule has 0 radical (unpaired) electrons. The second-order valence-electron chi connectivity index (χ2n) is 4.82. The van der Waals surface area contributed by atoms with Crippen molar-refractivity contribution in [2.75, 3.05) is 38.7 Å². The van der Waals surface area contributed by atoms with Gasteiger partial charge in [0, 0.05) is 24.8 Å². The molecule has 1 aliphatic heterocycles. The molecule has 136 valence electrons. The summed E-state index contributed by atoms with van der Waals surface area (Å²) in [5, 5.41) is 5.59. The van der Waals surface area contributed by atoms with E-state index in [1.165, 1.54) is 25.3 Å². The zero-order chi connectivity index (χ0) is 16.9. The molecule has 10 heteroatoms. The molecule has 0 spiro atoms. The first-order chi connectivity index (χ1) is 10.9. The van der Waals surface area contributed by atoms with Crippen molar-refractivity contribution in [3.05, 3.63) is 18.2 Å². The molecule has 1 unspecified atom stereocenters. The molecular weight excluding hydrogens is 353 g/mol. The van der Waals surface area contributed by atoms with Gasteiger partial charge in [-0.05, 0) is 12.1 Å². The molecule has 1 saturated heterocycles. The van der Waals surface area contributed by atoms with Crippen LogP contribution in [0.25, 0.3) is 0 Å². The molecule has 1 heterocycles. The third-order valence-corrected chi connectivity index (χ3v) is 3.04. The van der Waals surface area contributed by atoms with E-state index in [1.807, 2.05) is 0 Å². The Morgan fingerprint density at radius 1 is 1.42 bits per heavy atom. The summed E-state index contributed by atoms with van der Waals surface area (Å²) in [5.41, 5.74) is 0.294. The van der Waals surface area contributed by atoms with Gasteiger partial charge in [-0.1, -0.05) is 0 Å². The number of rotatable bonds is 5. The summed E-state index contributed by atoms with van der Waals surface area (Å²) in [4.78, 5) is 12.0. The van der Waals surface area contributed by atoms with Crippen molar-refractivity contribution in [3.8, 4) is 11.5 Å². The van der Waals surface area contributed by atoms with Gasteiger partial charge in [-0.25, -0.2) is 0 Å². The third kappa shape index (κ3) is 6.06. The summed E-state index contributed by atoms with van der Waals surface area (Å²) >= 11 is 0. The topological polar surface area (TPSA) is 68.8 Å². The van der Waals surface area contributed by atoms with Crippen LogP contribution in [0.1, 0.15) is 0 Å². The minimum Gasteiger partial charge on any atom is -0.493 e. The maximum absolute atomic E-state index is 12.3. The molecule has 0 aliphatic carbocycles. The molecule has 2 rings (SSSR count). The number of hydrogen-bond donors (Lipinski definition) is 2. The summed E-state index contributed by atoms with van der Waals surface area (Å²) in [6.45, 7) is 0.0121. The molecule has 1 aliphatic rings. The monoisotopic (exact) mass is 370 g/mol. The van der Waals surface area contributed by atoms with Crippen molar-refractivity contribution in [1.29, 1.82) is 0 Å². The Balaban J connectivity index is 0.00000288. The number of benzene rings is 1. The lowest BCUT2D eigenvalue weighted by Gasteiger charge is -2.23. The van der Waals surface area contributed by atoms with Gasteiger partial charge in [-0.2, -0.15) is 13.2 Å². The molecule has 0 aromatic heterocycles. The summed E-state index contributed by atoms with van der Waals surface area (Å²) in [6, 6.07) is 4.20. The van der Waals surface area contributed by atoms with Crippen LogP contribution < -0.4 is 20.1 Å². The second-order valence-corrected chi connectivity index (χ2v) is 4.82. The highest BCUT2D eigenvalue weighted by Crippen LogP contribution is 2.31. The van der Waals surface area contributed by atoms with E-state index >= 15 is 0 Å². The molecule has 1 amide bonds. The van der Waals surface area contributed by atoms with Gasteiger partial charge in [-0.3, -0.25) is 4.79 Å². The second kappa shape index (κ2) is 8.95. The Hall–Kier alpha value is -1.71. The van der Waals surface area contributed by atoms with Crippen LogP contribution in [-0.4, -0.2) is 51.6 Å². The van der Waals surface area contributed by atoms with E-state index in [0.29, 0.717) is 25.4 Å². The van der Waals surface area contributed by atoms with Gasteiger partial charge in [0.2, 0.25) is 0 Å². The predicted octanol–water partition coefficient (Wildman–Crippen LogP) is 1.98. The third-order valence-electron chi connectivity index (χ3n) is 3.04. The van der Waals surface area contributed by atoms with Gasteiger partial charge >= 0.3 is 6.18 Å². The van der Waals surface area contributed by atoms with E-state index in [1.54, 1.807) is 0 Å². The van der Waals surface area contributed by atoms with Crippen molar-refractivity contribution in [1.82, 2.24) is 5.32 Å². The number of alkyl halides is 3. The van der Waals surface area contributed by atoms with E-state index in [0.717, 1.165) is 0 Å². The highest BCUT2D eigenvalue weighted by Gasteiger charge is 2.29. The Morgan fingerprint density at radius 2 is 2.17 bits per heavy atom. The molecule has 6 nitrogen and oxygen atoms in total. The van der Waals surface area contributed by atoms with Crippen molar-refractivity contribution in [3.63, 3.8) is 0 Å². The van der Waals surface area contributed by atoms with E-state index in [-0.39, 0.29) is 29.8 Å². The lowest BCUT2D eigenvalue weighted by atomic mass is 10.2. The number of carbonyl (C=O) groups excluding carboxylic acids is 1. The maximum Gasteiger partial charge on any atom is 0.422 e. The van der Waals surface area contributed by atoms with Crippen LogP contribution in [0.3, 0.4) is 0 Å². The van der Waals surface area contributed by atoms with E-state index in [2.05, 4.69) is 10.6 Å². The number of amides is 1. The zero-order valence-corrected chi connectivity index (χ0v) is 13.6. The number of ether oxygens (including phenoxy) is 3. The Bertz CT molecular complexity index is 551. The molecule has 2 N–H and O–H groups in total. The number of anilines is 1. The quantitative estimate of drug-likeness (QED) is 0.829. The Kier molecular flexibility index (Phi) is 7.59. The SMILES string of the molecule is COc1ccc(NC(=O)C2CNCCO2)cc1OCC(F)(F)F.Cl. The maximum atomic E-state index is 12.3. The van der Waals surface area contributed by atoms with Crippen LogP contribution in [0.15, 0.2) is 18.2 Å². The minimum absolute atomic E-state index is 0. The number of carbonyl (C=O) groups is 1. The van der Waals surface area contributed by atoms with Gasteiger partial charge in [0.25, 0.3) is 5.91 Å². The fourth-order valence-electron chi connectivity index (χ4n) is 1.98. The van der Waals surface area contributed by atoms with Crippen LogP contribution in [0.5, 0.6) is 11.5 Å². The van der Waals surface area contributed by atoms with E-state index in [4.69, 9.17) is 14.2 Å². The normalized spacial score (nSPS) is 17.6. The fourth-order valence-corrected chi connectivity index (χ4v) is 1.98. The zero-order valence-electron chi connectivity index (χ0n) is 12.8. The van der Waals surface area contributed by atoms with Gasteiger partial charge in [0.05, 0.1) is 13.7 Å². The van der Waals surface area contributed by atoms with Gasteiger partial charge in [0.15, 0.2) is 18.1 Å². The van der Waals surface area contributed by atoms with Gasteiger partial charge in [-0.15, -0.1) is 12.4 Å². The first-order valence-electron chi connectivity index (χ1n) is 6.90. The molecular formula is C14H18ClF3N2O4.